The average molecular weight is 450 g/mol. The third-order valence-electron chi connectivity index (χ3n) is 5.17. The summed E-state index contributed by atoms with van der Waals surface area (Å²) in [5.74, 6) is 0.509. The average Bonchev–Trinajstić information content (AvgIpc) is 3.43. The molecule has 3 heterocycles. The zero-order valence-electron chi connectivity index (χ0n) is 18.8. The second-order valence-electron chi connectivity index (χ2n) is 8.05. The van der Waals surface area contributed by atoms with Crippen molar-refractivity contribution in [2.45, 2.75) is 32.4 Å². The summed E-state index contributed by atoms with van der Waals surface area (Å²) < 4.78 is 17.2. The van der Waals surface area contributed by atoms with Crippen molar-refractivity contribution in [3.8, 4) is 28.5 Å². The molecule has 1 aromatic carbocycles. The van der Waals surface area contributed by atoms with Gasteiger partial charge in [-0.2, -0.15) is 0 Å². The van der Waals surface area contributed by atoms with Crippen LogP contribution in [0.4, 0.5) is 0 Å². The van der Waals surface area contributed by atoms with E-state index in [0.29, 0.717) is 29.9 Å². The molecule has 0 fully saturated rings. The summed E-state index contributed by atoms with van der Waals surface area (Å²) in [7, 11) is 1.63. The Bertz CT molecular complexity index is 1150. The highest BCUT2D eigenvalue weighted by atomic mass is 16.5. The highest BCUT2D eigenvalue weighted by molar-refractivity contribution is 5.85. The van der Waals surface area contributed by atoms with Crippen LogP contribution in [0.5, 0.6) is 17.2 Å². The van der Waals surface area contributed by atoms with Gasteiger partial charge in [-0.15, -0.1) is 0 Å². The molecule has 0 bridgehead atoms. The second-order valence-corrected chi connectivity index (χ2v) is 8.05. The molecule has 8 nitrogen and oxygen atoms in total. The summed E-state index contributed by atoms with van der Waals surface area (Å²) in [4.78, 5) is 18.4. The molecule has 8 heteroatoms. The molecule has 2 aromatic heterocycles. The van der Waals surface area contributed by atoms with Crippen LogP contribution in [-0.4, -0.2) is 46.9 Å². The number of nitrogens with one attached hydrogen (secondary N) is 2. The molecule has 0 aliphatic carbocycles. The van der Waals surface area contributed by atoms with Crippen molar-refractivity contribution in [1.29, 1.82) is 0 Å². The second kappa shape index (κ2) is 9.79. The first kappa shape index (κ1) is 22.4. The molecular weight excluding hydrogens is 422 g/mol. The van der Waals surface area contributed by atoms with E-state index in [9.17, 15) is 4.79 Å². The Morgan fingerprint density at radius 1 is 1.15 bits per heavy atom. The monoisotopic (exact) mass is 449 g/mol. The van der Waals surface area contributed by atoms with Gasteiger partial charge in [-0.25, -0.2) is 9.78 Å². The number of aromatic amines is 1. The summed E-state index contributed by atoms with van der Waals surface area (Å²) >= 11 is 0. The van der Waals surface area contributed by atoms with Gasteiger partial charge < -0.3 is 29.6 Å². The van der Waals surface area contributed by atoms with Gasteiger partial charge in [0.1, 0.15) is 29.0 Å². The standard InChI is InChI=1S/C25H27N3O5/c1-15-4-6-22(27-15)23-9-8-21(28-23)17-10-19(32-16(2)14-31-3)12-20(11-17)33-18-5-7-24(25(29)30)26-13-18/h5-13,15-16,27-28H,4,14H2,1-3H3,(H,29,30)/t15-,16-/m0/s1. The van der Waals surface area contributed by atoms with Crippen molar-refractivity contribution in [1.82, 2.24) is 15.3 Å². The highest BCUT2D eigenvalue weighted by Gasteiger charge is 2.16. The van der Waals surface area contributed by atoms with Gasteiger partial charge in [0.05, 0.1) is 24.2 Å². The normalized spacial score (nSPS) is 16.1. The number of H-pyrrole nitrogens is 1. The lowest BCUT2D eigenvalue weighted by Crippen LogP contribution is -2.18. The van der Waals surface area contributed by atoms with Crippen LogP contribution in [0.2, 0.25) is 0 Å². The molecule has 172 valence electrons. The quantitative estimate of drug-likeness (QED) is 0.435. The van der Waals surface area contributed by atoms with E-state index < -0.39 is 5.97 Å². The number of hydrogen-bond donors (Lipinski definition) is 3. The SMILES string of the molecule is COC[C@H](C)Oc1cc(Oc2ccc(C(=O)O)nc2)cc(-c2ccc(C3=CC[C@H](C)N3)[nH]2)c1. The molecule has 0 amide bonds. The molecule has 3 aromatic rings. The maximum Gasteiger partial charge on any atom is 0.354 e. The fourth-order valence-corrected chi connectivity index (χ4v) is 3.64. The highest BCUT2D eigenvalue weighted by Crippen LogP contribution is 2.33. The molecule has 0 unspecified atom stereocenters. The minimum Gasteiger partial charge on any atom is -0.488 e. The van der Waals surface area contributed by atoms with Crippen molar-refractivity contribution >= 4 is 11.7 Å². The van der Waals surface area contributed by atoms with E-state index in [1.54, 1.807) is 19.2 Å². The van der Waals surface area contributed by atoms with Gasteiger partial charge in [0, 0.05) is 30.5 Å². The van der Waals surface area contributed by atoms with Gasteiger partial charge >= 0.3 is 5.97 Å². The molecule has 0 spiro atoms. The number of aromatic nitrogens is 2. The Hall–Kier alpha value is -3.78. The first-order chi connectivity index (χ1) is 15.9. The van der Waals surface area contributed by atoms with Gasteiger partial charge in [0.15, 0.2) is 0 Å². The summed E-state index contributed by atoms with van der Waals surface area (Å²) in [6.45, 7) is 4.53. The fraction of sp³-hybridized carbons (Fsp3) is 0.280. The first-order valence-corrected chi connectivity index (χ1v) is 10.8. The zero-order valence-corrected chi connectivity index (χ0v) is 18.8. The van der Waals surface area contributed by atoms with Crippen molar-refractivity contribution in [2.75, 3.05) is 13.7 Å². The molecule has 3 N–H and O–H groups in total. The number of hydrogen-bond acceptors (Lipinski definition) is 6. The van der Waals surface area contributed by atoms with Crippen LogP contribution in [0.15, 0.2) is 54.7 Å². The van der Waals surface area contributed by atoms with Crippen LogP contribution in [0.25, 0.3) is 17.0 Å². The molecule has 4 rings (SSSR count). The number of carboxylic acids is 1. The van der Waals surface area contributed by atoms with Gasteiger partial charge in [0.2, 0.25) is 0 Å². The van der Waals surface area contributed by atoms with Crippen molar-refractivity contribution < 1.29 is 24.1 Å². The first-order valence-electron chi connectivity index (χ1n) is 10.8. The lowest BCUT2D eigenvalue weighted by atomic mass is 10.1. The number of aromatic carboxylic acids is 1. The lowest BCUT2D eigenvalue weighted by Gasteiger charge is -2.16. The Labute approximate surface area is 192 Å². The number of benzene rings is 1. The molecule has 1 aliphatic rings. The van der Waals surface area contributed by atoms with E-state index in [4.69, 9.17) is 19.3 Å². The number of carbonyl (C=O) groups is 1. The van der Waals surface area contributed by atoms with E-state index in [1.165, 1.54) is 12.3 Å². The van der Waals surface area contributed by atoms with Crippen LogP contribution < -0.4 is 14.8 Å². The summed E-state index contributed by atoms with van der Waals surface area (Å²) in [6.07, 6.45) is 4.42. The maximum absolute atomic E-state index is 11.0. The van der Waals surface area contributed by atoms with Crippen LogP contribution in [0, 0.1) is 0 Å². The number of nitrogens with zero attached hydrogens (tertiary/aromatic N) is 1. The number of methoxy groups -OCH3 is 1. The molecule has 33 heavy (non-hydrogen) atoms. The van der Waals surface area contributed by atoms with E-state index in [-0.39, 0.29) is 11.8 Å². The Kier molecular flexibility index (Phi) is 6.65. The van der Waals surface area contributed by atoms with Crippen LogP contribution in [-0.2, 0) is 4.74 Å². The van der Waals surface area contributed by atoms with E-state index >= 15 is 0 Å². The maximum atomic E-state index is 11.0. The largest absolute Gasteiger partial charge is 0.488 e. The summed E-state index contributed by atoms with van der Waals surface area (Å²) in [5, 5.41) is 12.5. The number of ether oxygens (including phenoxy) is 3. The number of carboxylic acid groups (broad SMARTS) is 1. The van der Waals surface area contributed by atoms with Gasteiger partial charge in [0.25, 0.3) is 0 Å². The Morgan fingerprint density at radius 3 is 2.61 bits per heavy atom. The minimum absolute atomic E-state index is 0.0448. The van der Waals surface area contributed by atoms with Crippen LogP contribution in [0.3, 0.4) is 0 Å². The van der Waals surface area contributed by atoms with E-state index in [0.717, 1.165) is 29.1 Å². The van der Waals surface area contributed by atoms with Crippen molar-refractivity contribution in [3.63, 3.8) is 0 Å². The predicted molar refractivity (Wildman–Crippen MR) is 125 cm³/mol. The third-order valence-corrected chi connectivity index (χ3v) is 5.17. The fourth-order valence-electron chi connectivity index (χ4n) is 3.64. The number of pyridine rings is 1. The Balaban J connectivity index is 1.63. The predicted octanol–water partition coefficient (Wildman–Crippen LogP) is 4.70. The van der Waals surface area contributed by atoms with Crippen LogP contribution in [0.1, 0.15) is 36.5 Å². The number of rotatable bonds is 9. The minimum atomic E-state index is -1.09. The summed E-state index contributed by atoms with van der Waals surface area (Å²) in [5.41, 5.74) is 3.87. The Morgan fingerprint density at radius 2 is 1.94 bits per heavy atom. The molecule has 2 atom stereocenters. The topological polar surface area (TPSA) is 106 Å². The summed E-state index contributed by atoms with van der Waals surface area (Å²) in [6, 6.07) is 13.1. The third kappa shape index (κ3) is 5.53. The van der Waals surface area contributed by atoms with Crippen molar-refractivity contribution in [2.24, 2.45) is 0 Å². The van der Waals surface area contributed by atoms with Gasteiger partial charge in [-0.05, 0) is 56.7 Å². The molecule has 0 saturated heterocycles. The van der Waals surface area contributed by atoms with E-state index in [1.807, 2.05) is 31.2 Å². The van der Waals surface area contributed by atoms with Gasteiger partial charge in [-0.3, -0.25) is 0 Å². The molecule has 1 aliphatic heterocycles. The molecular formula is C25H27N3O5. The molecule has 0 saturated carbocycles. The smallest absolute Gasteiger partial charge is 0.354 e. The van der Waals surface area contributed by atoms with Gasteiger partial charge in [-0.1, -0.05) is 6.08 Å². The lowest BCUT2D eigenvalue weighted by molar-refractivity contribution is 0.0690. The van der Waals surface area contributed by atoms with Crippen LogP contribution >= 0.6 is 0 Å². The van der Waals surface area contributed by atoms with Crippen molar-refractivity contribution in [3.05, 3.63) is 66.1 Å². The molecule has 0 radical (unpaired) electrons. The van der Waals surface area contributed by atoms with E-state index in [2.05, 4.69) is 28.3 Å². The zero-order chi connectivity index (χ0) is 23.4.